The number of carbonyl (C=O) groups is 1. The van der Waals surface area contributed by atoms with Gasteiger partial charge in [-0.15, -0.1) is 0 Å². The highest BCUT2D eigenvalue weighted by molar-refractivity contribution is 5.76. The molecule has 0 spiro atoms. The Kier molecular flexibility index (Phi) is 5.20. The summed E-state index contributed by atoms with van der Waals surface area (Å²) in [4.78, 5) is 19.4. The summed E-state index contributed by atoms with van der Waals surface area (Å²) in [6.45, 7) is 9.45. The Balaban J connectivity index is 3.19. The minimum atomic E-state index is -1.03. The van der Waals surface area contributed by atoms with E-state index in [0.717, 1.165) is 12.8 Å². The van der Waals surface area contributed by atoms with Crippen molar-refractivity contribution in [1.82, 2.24) is 9.97 Å². The lowest BCUT2D eigenvalue weighted by Crippen LogP contribution is -2.24. The first-order valence-electron chi connectivity index (χ1n) is 6.94. The SMILES string of the molecule is CCCC(C)C(C(=O)O)c1cnc(C(C)(C)C)nc1F. The Hall–Kier alpha value is -1.52. The third kappa shape index (κ3) is 3.74. The molecule has 4 nitrogen and oxygen atoms in total. The normalized spacial score (nSPS) is 14.9. The van der Waals surface area contributed by atoms with Crippen LogP contribution in [0.1, 0.15) is 64.8 Å². The largest absolute Gasteiger partial charge is 0.481 e. The van der Waals surface area contributed by atoms with Crippen LogP contribution >= 0.6 is 0 Å². The molecule has 20 heavy (non-hydrogen) atoms. The second kappa shape index (κ2) is 6.29. The van der Waals surface area contributed by atoms with Crippen molar-refractivity contribution >= 4 is 5.97 Å². The molecule has 1 rings (SSSR count). The van der Waals surface area contributed by atoms with E-state index in [2.05, 4.69) is 9.97 Å². The van der Waals surface area contributed by atoms with E-state index in [1.807, 2.05) is 34.6 Å². The Labute approximate surface area is 119 Å². The summed E-state index contributed by atoms with van der Waals surface area (Å²) in [5, 5.41) is 9.36. The molecule has 0 amide bonds. The number of nitrogens with zero attached hydrogens (tertiary/aromatic N) is 2. The summed E-state index contributed by atoms with van der Waals surface area (Å²) in [5.74, 6) is -2.43. The van der Waals surface area contributed by atoms with Gasteiger partial charge in [0.2, 0.25) is 5.95 Å². The van der Waals surface area contributed by atoms with Crippen LogP contribution in [0.2, 0.25) is 0 Å². The standard InChI is InChI=1S/C15H23FN2O2/c1-6-7-9(2)11(13(19)20)10-8-17-14(15(3,4)5)18-12(10)16/h8-9,11H,6-7H2,1-5H3,(H,19,20). The summed E-state index contributed by atoms with van der Waals surface area (Å²) in [6.07, 6.45) is 2.90. The Morgan fingerprint density at radius 3 is 2.45 bits per heavy atom. The van der Waals surface area contributed by atoms with Gasteiger partial charge in [-0.25, -0.2) is 9.97 Å². The number of aromatic nitrogens is 2. The van der Waals surface area contributed by atoms with Gasteiger partial charge in [-0.1, -0.05) is 41.0 Å². The third-order valence-electron chi connectivity index (χ3n) is 3.35. The monoisotopic (exact) mass is 282 g/mol. The van der Waals surface area contributed by atoms with Gasteiger partial charge in [0.15, 0.2) is 0 Å². The van der Waals surface area contributed by atoms with E-state index in [-0.39, 0.29) is 16.9 Å². The highest BCUT2D eigenvalue weighted by Crippen LogP contribution is 2.30. The minimum absolute atomic E-state index is 0.0754. The van der Waals surface area contributed by atoms with Crippen LogP contribution in [0.5, 0.6) is 0 Å². The number of carboxylic acid groups (broad SMARTS) is 1. The van der Waals surface area contributed by atoms with E-state index in [0.29, 0.717) is 5.82 Å². The lowest BCUT2D eigenvalue weighted by atomic mass is 9.85. The molecule has 0 saturated carbocycles. The number of carboxylic acids is 1. The molecule has 1 heterocycles. The molecular formula is C15H23FN2O2. The van der Waals surface area contributed by atoms with E-state index in [1.165, 1.54) is 6.20 Å². The number of hydrogen-bond acceptors (Lipinski definition) is 3. The summed E-state index contributed by atoms with van der Waals surface area (Å²) >= 11 is 0. The molecule has 0 aromatic carbocycles. The maximum Gasteiger partial charge on any atom is 0.311 e. The van der Waals surface area contributed by atoms with Crippen LogP contribution in [-0.2, 0) is 10.2 Å². The molecule has 2 unspecified atom stereocenters. The van der Waals surface area contributed by atoms with Crippen LogP contribution in [0, 0.1) is 11.9 Å². The second-order valence-corrected chi connectivity index (χ2v) is 6.27. The van der Waals surface area contributed by atoms with E-state index in [9.17, 15) is 14.3 Å². The molecule has 2 atom stereocenters. The van der Waals surface area contributed by atoms with Crippen LogP contribution in [0.4, 0.5) is 4.39 Å². The topological polar surface area (TPSA) is 63.1 Å². The summed E-state index contributed by atoms with van der Waals surface area (Å²) in [5.41, 5.74) is -0.293. The fourth-order valence-electron chi connectivity index (χ4n) is 2.25. The van der Waals surface area contributed by atoms with Gasteiger partial charge in [0, 0.05) is 17.2 Å². The highest BCUT2D eigenvalue weighted by Gasteiger charge is 2.30. The van der Waals surface area contributed by atoms with Gasteiger partial charge in [0.05, 0.1) is 5.92 Å². The molecule has 0 fully saturated rings. The fourth-order valence-corrected chi connectivity index (χ4v) is 2.25. The maximum atomic E-state index is 14.2. The minimum Gasteiger partial charge on any atom is -0.481 e. The van der Waals surface area contributed by atoms with E-state index in [4.69, 9.17) is 0 Å². The van der Waals surface area contributed by atoms with Crippen molar-refractivity contribution in [2.24, 2.45) is 5.92 Å². The summed E-state index contributed by atoms with van der Waals surface area (Å²) in [6, 6.07) is 0. The summed E-state index contributed by atoms with van der Waals surface area (Å²) in [7, 11) is 0. The molecule has 0 saturated heterocycles. The molecule has 0 aliphatic rings. The fraction of sp³-hybridized carbons (Fsp3) is 0.667. The van der Waals surface area contributed by atoms with Crippen molar-refractivity contribution in [2.75, 3.05) is 0 Å². The smallest absolute Gasteiger partial charge is 0.311 e. The van der Waals surface area contributed by atoms with Crippen molar-refractivity contribution in [1.29, 1.82) is 0 Å². The van der Waals surface area contributed by atoms with Gasteiger partial charge in [-0.05, 0) is 12.3 Å². The van der Waals surface area contributed by atoms with Gasteiger partial charge in [-0.2, -0.15) is 4.39 Å². The first-order valence-corrected chi connectivity index (χ1v) is 6.94. The quantitative estimate of drug-likeness (QED) is 0.839. The van der Waals surface area contributed by atoms with E-state index < -0.39 is 17.8 Å². The Bertz CT molecular complexity index is 483. The van der Waals surface area contributed by atoms with Crippen molar-refractivity contribution in [3.8, 4) is 0 Å². The number of hydrogen-bond donors (Lipinski definition) is 1. The lowest BCUT2D eigenvalue weighted by molar-refractivity contribution is -0.140. The van der Waals surface area contributed by atoms with Gasteiger partial charge in [0.1, 0.15) is 5.82 Å². The maximum absolute atomic E-state index is 14.2. The van der Waals surface area contributed by atoms with Gasteiger partial charge in [0.25, 0.3) is 0 Å². The van der Waals surface area contributed by atoms with Crippen LogP contribution in [0.3, 0.4) is 0 Å². The van der Waals surface area contributed by atoms with E-state index >= 15 is 0 Å². The molecule has 5 heteroatoms. The first kappa shape index (κ1) is 16.5. The molecule has 0 radical (unpaired) electrons. The molecule has 0 aliphatic carbocycles. The van der Waals surface area contributed by atoms with Crippen molar-refractivity contribution in [2.45, 2.75) is 58.8 Å². The Morgan fingerprint density at radius 2 is 2.05 bits per heavy atom. The molecular weight excluding hydrogens is 259 g/mol. The zero-order chi connectivity index (χ0) is 15.5. The molecule has 1 aromatic heterocycles. The van der Waals surface area contributed by atoms with E-state index in [1.54, 1.807) is 0 Å². The number of rotatable bonds is 5. The predicted molar refractivity (Wildman–Crippen MR) is 75.1 cm³/mol. The second-order valence-electron chi connectivity index (χ2n) is 6.27. The van der Waals surface area contributed by atoms with Gasteiger partial charge >= 0.3 is 5.97 Å². The Morgan fingerprint density at radius 1 is 1.45 bits per heavy atom. The number of halogens is 1. The predicted octanol–water partition coefficient (Wildman–Crippen LogP) is 3.52. The average Bonchev–Trinajstić information content (AvgIpc) is 2.30. The third-order valence-corrected chi connectivity index (χ3v) is 3.35. The zero-order valence-electron chi connectivity index (χ0n) is 12.8. The number of aliphatic carboxylic acids is 1. The van der Waals surface area contributed by atoms with Crippen LogP contribution in [0.25, 0.3) is 0 Å². The van der Waals surface area contributed by atoms with Crippen LogP contribution in [0.15, 0.2) is 6.20 Å². The van der Waals surface area contributed by atoms with Crippen molar-refractivity contribution in [3.63, 3.8) is 0 Å². The first-order chi connectivity index (χ1) is 9.18. The van der Waals surface area contributed by atoms with Crippen LogP contribution < -0.4 is 0 Å². The van der Waals surface area contributed by atoms with Crippen molar-refractivity contribution in [3.05, 3.63) is 23.5 Å². The zero-order valence-corrected chi connectivity index (χ0v) is 12.8. The van der Waals surface area contributed by atoms with Crippen LogP contribution in [-0.4, -0.2) is 21.0 Å². The molecule has 0 aliphatic heterocycles. The molecule has 1 N–H and O–H groups in total. The van der Waals surface area contributed by atoms with Gasteiger partial charge in [-0.3, -0.25) is 4.79 Å². The van der Waals surface area contributed by atoms with Gasteiger partial charge < -0.3 is 5.11 Å². The van der Waals surface area contributed by atoms with Crippen molar-refractivity contribution < 1.29 is 14.3 Å². The molecule has 1 aromatic rings. The highest BCUT2D eigenvalue weighted by atomic mass is 19.1. The molecule has 112 valence electrons. The molecule has 0 bridgehead atoms. The average molecular weight is 282 g/mol. The lowest BCUT2D eigenvalue weighted by Gasteiger charge is -2.22. The summed E-state index contributed by atoms with van der Waals surface area (Å²) < 4.78 is 14.2.